The van der Waals surface area contributed by atoms with Crippen LogP contribution in [0.3, 0.4) is 0 Å². The van der Waals surface area contributed by atoms with Crippen molar-refractivity contribution in [2.75, 3.05) is 0 Å². The van der Waals surface area contributed by atoms with Crippen LogP contribution in [-0.4, -0.2) is 16.1 Å². The van der Waals surface area contributed by atoms with Gasteiger partial charge in [-0.2, -0.15) is 0 Å². The van der Waals surface area contributed by atoms with Gasteiger partial charge in [-0.25, -0.2) is 4.98 Å². The molecule has 3 N–H and O–H groups in total. The number of aromatic nitrogens is 1. The second-order valence-electron chi connectivity index (χ2n) is 4.82. The number of benzene rings is 2. The molecular weight excluding hydrogens is 268 g/mol. The van der Waals surface area contributed by atoms with Crippen LogP contribution in [0, 0.1) is 0 Å². The molecular formula is C16H16N2OS. The zero-order valence-corrected chi connectivity index (χ0v) is 11.8. The highest BCUT2D eigenvalue weighted by Gasteiger charge is 2.21. The summed E-state index contributed by atoms with van der Waals surface area (Å²) in [5, 5.41) is 11.1. The topological polar surface area (TPSA) is 59.1 Å². The van der Waals surface area contributed by atoms with Gasteiger partial charge >= 0.3 is 0 Å². The van der Waals surface area contributed by atoms with E-state index in [9.17, 15) is 5.11 Å². The van der Waals surface area contributed by atoms with Gasteiger partial charge in [0.25, 0.3) is 0 Å². The first-order valence-electron chi connectivity index (χ1n) is 6.57. The second-order valence-corrected chi connectivity index (χ2v) is 5.88. The van der Waals surface area contributed by atoms with Gasteiger partial charge in [0.1, 0.15) is 11.1 Å². The molecule has 1 unspecified atom stereocenters. The summed E-state index contributed by atoms with van der Waals surface area (Å²) in [5.74, 6) is 0. The van der Waals surface area contributed by atoms with Crippen LogP contribution >= 0.6 is 11.3 Å². The maximum Gasteiger partial charge on any atom is 0.124 e. The minimum absolute atomic E-state index is 0.349. The number of thiazole rings is 1. The molecule has 0 spiro atoms. The third-order valence-electron chi connectivity index (χ3n) is 3.28. The van der Waals surface area contributed by atoms with E-state index in [1.807, 2.05) is 54.6 Å². The molecule has 1 heterocycles. The number of nitrogens with zero attached hydrogens (tertiary/aromatic N) is 1. The predicted molar refractivity (Wildman–Crippen MR) is 82.7 cm³/mol. The summed E-state index contributed by atoms with van der Waals surface area (Å²) in [6, 6.07) is 17.5. The lowest BCUT2D eigenvalue weighted by Crippen LogP contribution is -2.30. The van der Waals surface area contributed by atoms with E-state index in [2.05, 4.69) is 4.98 Å². The Morgan fingerprint density at radius 1 is 1.05 bits per heavy atom. The highest BCUT2D eigenvalue weighted by molar-refractivity contribution is 7.18. The summed E-state index contributed by atoms with van der Waals surface area (Å²) in [6.07, 6.45) is -0.0922. The Kier molecular flexibility index (Phi) is 3.78. The Hall–Kier alpha value is -1.75. The highest BCUT2D eigenvalue weighted by Crippen LogP contribution is 2.28. The summed E-state index contributed by atoms with van der Waals surface area (Å²) in [7, 11) is 0. The maximum absolute atomic E-state index is 10.4. The first kappa shape index (κ1) is 13.2. The van der Waals surface area contributed by atoms with Gasteiger partial charge in [-0.15, -0.1) is 11.3 Å². The van der Waals surface area contributed by atoms with E-state index in [1.54, 1.807) is 0 Å². The molecule has 3 rings (SSSR count). The van der Waals surface area contributed by atoms with E-state index in [1.165, 1.54) is 11.3 Å². The minimum Gasteiger partial charge on any atom is -0.384 e. The van der Waals surface area contributed by atoms with Crippen LogP contribution in [-0.2, 0) is 6.42 Å². The third kappa shape index (κ3) is 2.72. The molecule has 0 aliphatic heterocycles. The number of aliphatic hydroxyl groups is 1. The first-order chi connectivity index (χ1) is 9.74. The molecule has 20 heavy (non-hydrogen) atoms. The van der Waals surface area contributed by atoms with E-state index in [0.29, 0.717) is 11.4 Å². The molecule has 2 aromatic carbocycles. The van der Waals surface area contributed by atoms with Crippen LogP contribution in [0.25, 0.3) is 10.2 Å². The molecule has 1 aromatic heterocycles. The van der Waals surface area contributed by atoms with Crippen LogP contribution < -0.4 is 5.73 Å². The smallest absolute Gasteiger partial charge is 0.124 e. The van der Waals surface area contributed by atoms with Crippen molar-refractivity contribution in [2.45, 2.75) is 18.6 Å². The Labute approximate surface area is 121 Å². The van der Waals surface area contributed by atoms with Crippen molar-refractivity contribution >= 4 is 21.6 Å². The Balaban J connectivity index is 1.79. The SMILES string of the molecule is N[C@@H](Cc1ccccc1)C(O)c1nc2ccccc2s1. The third-order valence-corrected chi connectivity index (χ3v) is 4.39. The number of nitrogens with two attached hydrogens (primary N) is 1. The molecule has 102 valence electrons. The molecule has 0 radical (unpaired) electrons. The number of para-hydroxylation sites is 1. The lowest BCUT2D eigenvalue weighted by Gasteiger charge is -2.16. The largest absolute Gasteiger partial charge is 0.384 e. The molecule has 0 bridgehead atoms. The van der Waals surface area contributed by atoms with Gasteiger partial charge in [0.2, 0.25) is 0 Å². The molecule has 0 aliphatic rings. The average Bonchev–Trinajstić information content (AvgIpc) is 2.91. The van der Waals surface area contributed by atoms with Crippen LogP contribution in [0.1, 0.15) is 16.7 Å². The molecule has 4 heteroatoms. The Morgan fingerprint density at radius 3 is 2.50 bits per heavy atom. The van der Waals surface area contributed by atoms with Gasteiger partial charge in [0.05, 0.1) is 10.2 Å². The van der Waals surface area contributed by atoms with E-state index >= 15 is 0 Å². The quantitative estimate of drug-likeness (QED) is 0.774. The molecule has 2 atom stereocenters. The average molecular weight is 284 g/mol. The zero-order chi connectivity index (χ0) is 13.9. The molecule has 0 aliphatic carbocycles. The molecule has 0 saturated carbocycles. The number of hydrogen-bond acceptors (Lipinski definition) is 4. The first-order valence-corrected chi connectivity index (χ1v) is 7.39. The van der Waals surface area contributed by atoms with Gasteiger partial charge < -0.3 is 10.8 Å². The van der Waals surface area contributed by atoms with Crippen molar-refractivity contribution in [3.63, 3.8) is 0 Å². The van der Waals surface area contributed by atoms with Gasteiger partial charge in [-0.05, 0) is 24.1 Å². The lowest BCUT2D eigenvalue weighted by molar-refractivity contribution is 0.146. The van der Waals surface area contributed by atoms with Crippen LogP contribution in [0.2, 0.25) is 0 Å². The fourth-order valence-electron chi connectivity index (χ4n) is 2.20. The van der Waals surface area contributed by atoms with Crippen molar-refractivity contribution in [1.82, 2.24) is 4.98 Å². The zero-order valence-electron chi connectivity index (χ0n) is 10.9. The number of hydrogen-bond donors (Lipinski definition) is 2. The van der Waals surface area contributed by atoms with Gasteiger partial charge in [0.15, 0.2) is 0 Å². The fourth-order valence-corrected chi connectivity index (χ4v) is 3.23. The standard InChI is InChI=1S/C16H16N2OS/c17-12(10-11-6-2-1-3-7-11)15(19)16-18-13-8-4-5-9-14(13)20-16/h1-9,12,15,19H,10,17H2/t12-,15?/m0/s1. The summed E-state index contributed by atoms with van der Waals surface area (Å²) < 4.78 is 1.08. The summed E-state index contributed by atoms with van der Waals surface area (Å²) in [6.45, 7) is 0. The van der Waals surface area contributed by atoms with Crippen molar-refractivity contribution < 1.29 is 5.11 Å². The number of aliphatic hydroxyl groups excluding tert-OH is 1. The monoisotopic (exact) mass is 284 g/mol. The second kappa shape index (κ2) is 5.71. The van der Waals surface area contributed by atoms with Crippen molar-refractivity contribution in [1.29, 1.82) is 0 Å². The van der Waals surface area contributed by atoms with Gasteiger partial charge in [-0.3, -0.25) is 0 Å². The van der Waals surface area contributed by atoms with Crippen LogP contribution in [0.5, 0.6) is 0 Å². The van der Waals surface area contributed by atoms with Crippen LogP contribution in [0.15, 0.2) is 54.6 Å². The molecule has 0 saturated heterocycles. The molecule has 0 fully saturated rings. The van der Waals surface area contributed by atoms with Crippen molar-refractivity contribution in [2.24, 2.45) is 5.73 Å². The molecule has 3 nitrogen and oxygen atoms in total. The van der Waals surface area contributed by atoms with Gasteiger partial charge in [-0.1, -0.05) is 42.5 Å². The summed E-state index contributed by atoms with van der Waals surface area (Å²) >= 11 is 1.50. The fraction of sp³-hybridized carbons (Fsp3) is 0.188. The van der Waals surface area contributed by atoms with Crippen molar-refractivity contribution in [3.05, 3.63) is 65.2 Å². The summed E-state index contributed by atoms with van der Waals surface area (Å²) in [4.78, 5) is 4.46. The van der Waals surface area contributed by atoms with E-state index in [4.69, 9.17) is 5.73 Å². The van der Waals surface area contributed by atoms with E-state index < -0.39 is 6.10 Å². The number of rotatable bonds is 4. The maximum atomic E-state index is 10.4. The van der Waals surface area contributed by atoms with Crippen LogP contribution in [0.4, 0.5) is 0 Å². The highest BCUT2D eigenvalue weighted by atomic mass is 32.1. The van der Waals surface area contributed by atoms with Crippen molar-refractivity contribution in [3.8, 4) is 0 Å². The normalized spacial score (nSPS) is 14.3. The summed E-state index contributed by atoms with van der Waals surface area (Å²) in [5.41, 5.74) is 8.16. The predicted octanol–water partition coefficient (Wildman–Crippen LogP) is 2.90. The Morgan fingerprint density at radius 2 is 1.75 bits per heavy atom. The molecule has 0 amide bonds. The lowest BCUT2D eigenvalue weighted by atomic mass is 10.0. The minimum atomic E-state index is -0.729. The molecule has 3 aromatic rings. The number of fused-ring (bicyclic) bond motifs is 1. The van der Waals surface area contributed by atoms with Gasteiger partial charge in [0, 0.05) is 6.04 Å². The Bertz CT molecular complexity index is 663. The van der Waals surface area contributed by atoms with E-state index in [-0.39, 0.29) is 6.04 Å². The van der Waals surface area contributed by atoms with E-state index in [0.717, 1.165) is 15.8 Å².